The lowest BCUT2D eigenvalue weighted by molar-refractivity contribution is -0.242. The number of methoxy groups -OCH3 is 1. The number of benzene rings is 1. The molecule has 1 heterocycles. The molecule has 1 fully saturated rings. The number of nitrogens with one attached hydrogen (secondary N) is 2. The van der Waals surface area contributed by atoms with E-state index in [9.17, 15) is 22.8 Å². The Morgan fingerprint density at radius 1 is 1.30 bits per heavy atom. The molecule has 1 aliphatic carbocycles. The molecule has 0 aromatic heterocycles. The Kier molecular flexibility index (Phi) is 6.05. The second-order valence-electron chi connectivity index (χ2n) is 8.06. The van der Waals surface area contributed by atoms with Crippen molar-refractivity contribution in [2.24, 2.45) is 11.8 Å². The van der Waals surface area contributed by atoms with Gasteiger partial charge in [0, 0.05) is 5.69 Å². The molecule has 1 aliphatic heterocycles. The summed E-state index contributed by atoms with van der Waals surface area (Å²) in [6.07, 6.45) is -3.58. The van der Waals surface area contributed by atoms with Gasteiger partial charge in [-0.25, -0.2) is 4.79 Å². The molecule has 3 rings (SSSR count). The third kappa shape index (κ3) is 5.09. The minimum Gasteiger partial charge on any atom is -0.486 e. The third-order valence-corrected chi connectivity index (χ3v) is 5.28. The van der Waals surface area contributed by atoms with Gasteiger partial charge in [0.05, 0.1) is 25.3 Å². The molecular weight excluding hydrogens is 405 g/mol. The summed E-state index contributed by atoms with van der Waals surface area (Å²) in [7, 11) is 1.38. The summed E-state index contributed by atoms with van der Waals surface area (Å²) in [5.41, 5.74) is -1.77. The second-order valence-corrected chi connectivity index (χ2v) is 8.06. The number of carbonyl (C=O) groups is 2. The molecule has 0 spiro atoms. The summed E-state index contributed by atoms with van der Waals surface area (Å²) in [6.45, 7) is 2.00. The summed E-state index contributed by atoms with van der Waals surface area (Å²) >= 11 is 0. The molecule has 0 radical (unpaired) electrons. The predicted octanol–water partition coefficient (Wildman–Crippen LogP) is 4.34. The number of alkyl halides is 3. The Balaban J connectivity index is 1.60. The van der Waals surface area contributed by atoms with Gasteiger partial charge in [0.25, 0.3) is 0 Å². The minimum atomic E-state index is -4.69. The van der Waals surface area contributed by atoms with Crippen LogP contribution < -0.4 is 15.4 Å². The number of rotatable bonds is 6. The maximum absolute atomic E-state index is 12.9. The topological polar surface area (TPSA) is 85.9 Å². The molecule has 2 atom stereocenters. The Hall–Kier alpha value is -2.65. The number of amides is 1. The quantitative estimate of drug-likeness (QED) is 0.653. The number of carbonyl (C=O) groups excluding carboxylic acids is 2. The van der Waals surface area contributed by atoms with Crippen molar-refractivity contribution < 1.29 is 37.0 Å². The standard InChI is InChI=1S/C20H25F3N2O5/c1-19(2,20(21,22)23)30-18(27)25-12-6-7-16-15(8-12)24-10-13(29-16)9-14(11-4-5-11)17(26)28-3/h6-8,11,13-14,24H,4-5,9-10H2,1-3H3,(H,25,27)/t13-,14-/m0/s1. The van der Waals surface area contributed by atoms with Crippen molar-refractivity contribution in [3.8, 4) is 5.75 Å². The van der Waals surface area contributed by atoms with Crippen molar-refractivity contribution >= 4 is 23.4 Å². The van der Waals surface area contributed by atoms with Crippen LogP contribution in [0.25, 0.3) is 0 Å². The van der Waals surface area contributed by atoms with Crippen LogP contribution in [0.15, 0.2) is 18.2 Å². The van der Waals surface area contributed by atoms with Crippen LogP contribution in [-0.2, 0) is 14.3 Å². The fraction of sp³-hybridized carbons (Fsp3) is 0.600. The van der Waals surface area contributed by atoms with E-state index in [-0.39, 0.29) is 23.7 Å². The summed E-state index contributed by atoms with van der Waals surface area (Å²) in [6, 6.07) is 4.65. The Morgan fingerprint density at radius 2 is 2.00 bits per heavy atom. The first-order valence-corrected chi connectivity index (χ1v) is 9.69. The van der Waals surface area contributed by atoms with Gasteiger partial charge >= 0.3 is 18.2 Å². The monoisotopic (exact) mass is 430 g/mol. The summed E-state index contributed by atoms with van der Waals surface area (Å²) in [5.74, 6) is 0.434. The lowest BCUT2D eigenvalue weighted by Gasteiger charge is -2.30. The van der Waals surface area contributed by atoms with Crippen molar-refractivity contribution in [1.82, 2.24) is 0 Å². The number of halogens is 3. The third-order valence-electron chi connectivity index (χ3n) is 5.28. The summed E-state index contributed by atoms with van der Waals surface area (Å²) in [5, 5.41) is 5.46. The summed E-state index contributed by atoms with van der Waals surface area (Å²) in [4.78, 5) is 23.8. The maximum Gasteiger partial charge on any atom is 0.427 e. The average Bonchev–Trinajstić information content (AvgIpc) is 3.49. The normalized spacial score (nSPS) is 19.6. The van der Waals surface area contributed by atoms with Crippen molar-refractivity contribution in [3.63, 3.8) is 0 Å². The Bertz CT molecular complexity index is 808. The Morgan fingerprint density at radius 3 is 2.60 bits per heavy atom. The first kappa shape index (κ1) is 22.0. The van der Waals surface area contributed by atoms with Crippen molar-refractivity contribution in [3.05, 3.63) is 18.2 Å². The molecule has 1 aromatic rings. The molecule has 1 saturated carbocycles. The first-order valence-electron chi connectivity index (χ1n) is 9.69. The number of ether oxygens (including phenoxy) is 3. The lowest BCUT2D eigenvalue weighted by atomic mass is 9.95. The zero-order valence-electron chi connectivity index (χ0n) is 17.0. The number of hydrogen-bond acceptors (Lipinski definition) is 6. The SMILES string of the molecule is COC(=O)[C@@H](C[C@H]1CNc2cc(NC(=O)OC(C)(C)C(F)(F)F)ccc2O1)C1CC1. The average molecular weight is 430 g/mol. The molecule has 7 nitrogen and oxygen atoms in total. The van der Waals surface area contributed by atoms with E-state index in [1.807, 2.05) is 0 Å². The van der Waals surface area contributed by atoms with Crippen LogP contribution in [0.3, 0.4) is 0 Å². The van der Waals surface area contributed by atoms with E-state index in [0.29, 0.717) is 30.3 Å². The fourth-order valence-electron chi connectivity index (χ4n) is 3.27. The van der Waals surface area contributed by atoms with Crippen molar-refractivity contribution in [2.45, 2.75) is 51.0 Å². The van der Waals surface area contributed by atoms with Gasteiger partial charge in [0.15, 0.2) is 0 Å². The molecule has 166 valence electrons. The summed E-state index contributed by atoms with van der Waals surface area (Å²) < 4.78 is 53.9. The smallest absolute Gasteiger partial charge is 0.427 e. The maximum atomic E-state index is 12.9. The van der Waals surface area contributed by atoms with E-state index in [4.69, 9.17) is 9.47 Å². The highest BCUT2D eigenvalue weighted by molar-refractivity contribution is 5.86. The highest BCUT2D eigenvalue weighted by Gasteiger charge is 2.51. The second kappa shape index (κ2) is 8.23. The zero-order valence-corrected chi connectivity index (χ0v) is 17.0. The first-order chi connectivity index (χ1) is 14.0. The molecule has 30 heavy (non-hydrogen) atoms. The van der Waals surface area contributed by atoms with Crippen LogP contribution in [-0.4, -0.2) is 43.6 Å². The molecular formula is C20H25F3N2O5. The molecule has 1 aromatic carbocycles. The van der Waals surface area contributed by atoms with Gasteiger partial charge in [-0.05, 0) is 57.2 Å². The number of anilines is 2. The molecule has 2 aliphatic rings. The van der Waals surface area contributed by atoms with Gasteiger partial charge in [-0.2, -0.15) is 13.2 Å². The van der Waals surface area contributed by atoms with E-state index in [0.717, 1.165) is 26.7 Å². The van der Waals surface area contributed by atoms with Crippen LogP contribution in [0.1, 0.15) is 33.1 Å². The van der Waals surface area contributed by atoms with Crippen LogP contribution >= 0.6 is 0 Å². The van der Waals surface area contributed by atoms with E-state index in [1.54, 1.807) is 12.1 Å². The molecule has 10 heteroatoms. The van der Waals surface area contributed by atoms with Gasteiger partial charge in [-0.15, -0.1) is 0 Å². The van der Waals surface area contributed by atoms with Crippen LogP contribution in [0.4, 0.5) is 29.3 Å². The van der Waals surface area contributed by atoms with Crippen LogP contribution in [0.2, 0.25) is 0 Å². The molecule has 0 unspecified atom stereocenters. The van der Waals surface area contributed by atoms with Crippen molar-refractivity contribution in [1.29, 1.82) is 0 Å². The van der Waals surface area contributed by atoms with Crippen molar-refractivity contribution in [2.75, 3.05) is 24.3 Å². The van der Waals surface area contributed by atoms with Crippen LogP contribution in [0, 0.1) is 11.8 Å². The van der Waals surface area contributed by atoms with E-state index in [1.165, 1.54) is 13.2 Å². The van der Waals surface area contributed by atoms with E-state index >= 15 is 0 Å². The zero-order chi connectivity index (χ0) is 22.1. The highest BCUT2D eigenvalue weighted by atomic mass is 19.4. The fourth-order valence-corrected chi connectivity index (χ4v) is 3.27. The van der Waals surface area contributed by atoms with Gasteiger partial charge in [0.1, 0.15) is 11.9 Å². The molecule has 0 bridgehead atoms. The number of fused-ring (bicyclic) bond motifs is 1. The van der Waals surface area contributed by atoms with Gasteiger partial charge < -0.3 is 19.5 Å². The van der Waals surface area contributed by atoms with Gasteiger partial charge in [-0.3, -0.25) is 10.1 Å². The molecule has 2 N–H and O–H groups in total. The van der Waals surface area contributed by atoms with E-state index in [2.05, 4.69) is 15.4 Å². The van der Waals surface area contributed by atoms with Gasteiger partial charge in [-0.1, -0.05) is 0 Å². The number of esters is 1. The minimum absolute atomic E-state index is 0.198. The highest BCUT2D eigenvalue weighted by Crippen LogP contribution is 2.41. The molecule has 1 amide bonds. The van der Waals surface area contributed by atoms with Gasteiger partial charge in [0.2, 0.25) is 5.60 Å². The van der Waals surface area contributed by atoms with Crippen LogP contribution in [0.5, 0.6) is 5.75 Å². The number of hydrogen-bond donors (Lipinski definition) is 2. The molecule has 0 saturated heterocycles. The predicted molar refractivity (Wildman–Crippen MR) is 102 cm³/mol. The Labute approximate surface area is 172 Å². The lowest BCUT2D eigenvalue weighted by Crippen LogP contribution is -2.44. The van der Waals surface area contributed by atoms with E-state index < -0.39 is 17.9 Å². The largest absolute Gasteiger partial charge is 0.486 e.